The predicted octanol–water partition coefficient (Wildman–Crippen LogP) is 2.96. The zero-order valence-corrected chi connectivity index (χ0v) is 16.5. The Balaban J connectivity index is 1.44. The lowest BCUT2D eigenvalue weighted by molar-refractivity contribution is 0.383. The molecule has 1 aliphatic rings. The number of anilines is 1. The molecule has 28 heavy (non-hydrogen) atoms. The van der Waals surface area contributed by atoms with E-state index in [0.29, 0.717) is 31.1 Å². The van der Waals surface area contributed by atoms with Crippen molar-refractivity contribution in [2.75, 3.05) is 31.1 Å². The van der Waals surface area contributed by atoms with Crippen LogP contribution in [-0.4, -0.2) is 49.1 Å². The summed E-state index contributed by atoms with van der Waals surface area (Å²) in [7, 11) is -3.46. The van der Waals surface area contributed by atoms with Crippen molar-refractivity contribution in [1.82, 2.24) is 14.5 Å². The third-order valence-corrected chi connectivity index (χ3v) is 6.80. The molecule has 1 saturated heterocycles. The van der Waals surface area contributed by atoms with Crippen LogP contribution in [0.3, 0.4) is 0 Å². The molecule has 1 aromatic heterocycles. The fraction of sp³-hybridized carbons (Fsp3) is 0.238. The fourth-order valence-corrected chi connectivity index (χ4v) is 4.87. The Morgan fingerprint density at radius 3 is 2.21 bits per heavy atom. The van der Waals surface area contributed by atoms with E-state index in [1.54, 1.807) is 22.5 Å². The number of aromatic nitrogens is 2. The van der Waals surface area contributed by atoms with E-state index in [1.807, 2.05) is 55.5 Å². The van der Waals surface area contributed by atoms with Crippen LogP contribution in [0.4, 0.5) is 5.82 Å². The summed E-state index contributed by atoms with van der Waals surface area (Å²) >= 11 is 0. The summed E-state index contributed by atoms with van der Waals surface area (Å²) in [4.78, 5) is 2.43. The van der Waals surface area contributed by atoms with E-state index in [1.165, 1.54) is 0 Å². The number of sulfonamides is 1. The standard InChI is InChI=1S/C21H22N4O2S/c1-17-6-5-9-19(16-17)28(26,27)25-14-12-24(13-15-25)21-11-10-20(22-23-21)18-7-3-2-4-8-18/h2-11,16H,12-15H2,1H3. The van der Waals surface area contributed by atoms with Crippen molar-refractivity contribution in [2.45, 2.75) is 11.8 Å². The molecule has 0 aliphatic carbocycles. The third-order valence-electron chi connectivity index (χ3n) is 4.91. The first-order valence-electron chi connectivity index (χ1n) is 9.25. The zero-order chi connectivity index (χ0) is 19.6. The average molecular weight is 395 g/mol. The highest BCUT2D eigenvalue weighted by atomic mass is 32.2. The first-order chi connectivity index (χ1) is 13.5. The van der Waals surface area contributed by atoms with Crippen molar-refractivity contribution >= 4 is 15.8 Å². The second-order valence-corrected chi connectivity index (χ2v) is 8.79. The fourth-order valence-electron chi connectivity index (χ4n) is 3.34. The zero-order valence-electron chi connectivity index (χ0n) is 15.7. The number of hydrogen-bond acceptors (Lipinski definition) is 5. The van der Waals surface area contributed by atoms with Crippen molar-refractivity contribution in [3.8, 4) is 11.3 Å². The van der Waals surface area contributed by atoms with Crippen LogP contribution in [0.5, 0.6) is 0 Å². The van der Waals surface area contributed by atoms with Gasteiger partial charge in [-0.25, -0.2) is 8.42 Å². The Morgan fingerprint density at radius 1 is 0.821 bits per heavy atom. The topological polar surface area (TPSA) is 66.4 Å². The van der Waals surface area contributed by atoms with Gasteiger partial charge in [0, 0.05) is 31.7 Å². The highest BCUT2D eigenvalue weighted by Gasteiger charge is 2.29. The van der Waals surface area contributed by atoms with Crippen LogP contribution in [0, 0.1) is 6.92 Å². The highest BCUT2D eigenvalue weighted by Crippen LogP contribution is 2.22. The largest absolute Gasteiger partial charge is 0.352 e. The monoisotopic (exact) mass is 394 g/mol. The van der Waals surface area contributed by atoms with Crippen LogP contribution in [0.1, 0.15) is 5.56 Å². The molecular formula is C21H22N4O2S. The SMILES string of the molecule is Cc1cccc(S(=O)(=O)N2CCN(c3ccc(-c4ccccc4)nn3)CC2)c1. The molecular weight excluding hydrogens is 372 g/mol. The lowest BCUT2D eigenvalue weighted by atomic mass is 10.1. The minimum Gasteiger partial charge on any atom is -0.352 e. The molecule has 7 heteroatoms. The summed E-state index contributed by atoms with van der Waals surface area (Å²) in [5, 5.41) is 8.67. The third kappa shape index (κ3) is 3.76. The maximum atomic E-state index is 12.9. The van der Waals surface area contributed by atoms with E-state index in [4.69, 9.17) is 0 Å². The van der Waals surface area contributed by atoms with Gasteiger partial charge in [0.1, 0.15) is 0 Å². The predicted molar refractivity (Wildman–Crippen MR) is 110 cm³/mol. The number of hydrogen-bond donors (Lipinski definition) is 0. The molecule has 0 spiro atoms. The van der Waals surface area contributed by atoms with Crippen LogP contribution in [-0.2, 0) is 10.0 Å². The van der Waals surface area contributed by atoms with Gasteiger partial charge in [0.25, 0.3) is 0 Å². The van der Waals surface area contributed by atoms with Gasteiger partial charge in [-0.3, -0.25) is 0 Å². The van der Waals surface area contributed by atoms with Gasteiger partial charge in [-0.15, -0.1) is 10.2 Å². The Morgan fingerprint density at radius 2 is 1.57 bits per heavy atom. The summed E-state index contributed by atoms with van der Waals surface area (Å²) in [5.74, 6) is 0.771. The molecule has 0 amide bonds. The molecule has 0 N–H and O–H groups in total. The molecule has 144 valence electrons. The second kappa shape index (κ2) is 7.69. The van der Waals surface area contributed by atoms with Crippen LogP contribution >= 0.6 is 0 Å². The van der Waals surface area contributed by atoms with Crippen molar-refractivity contribution in [1.29, 1.82) is 0 Å². The van der Waals surface area contributed by atoms with Crippen molar-refractivity contribution in [3.05, 3.63) is 72.3 Å². The Labute approximate surface area is 165 Å². The molecule has 6 nitrogen and oxygen atoms in total. The Bertz CT molecular complexity index is 1050. The maximum absolute atomic E-state index is 12.9. The summed E-state index contributed by atoms with van der Waals surface area (Å²) in [5.41, 5.74) is 2.79. The quantitative estimate of drug-likeness (QED) is 0.681. The number of rotatable bonds is 4. The van der Waals surface area contributed by atoms with Gasteiger partial charge < -0.3 is 4.90 Å². The molecule has 2 heterocycles. The summed E-state index contributed by atoms with van der Waals surface area (Å²) < 4.78 is 27.3. The number of nitrogens with zero attached hydrogens (tertiary/aromatic N) is 4. The summed E-state index contributed by atoms with van der Waals surface area (Å²) in [6.45, 7) is 3.93. The maximum Gasteiger partial charge on any atom is 0.243 e. The smallest absolute Gasteiger partial charge is 0.243 e. The number of aryl methyl sites for hydroxylation is 1. The van der Waals surface area contributed by atoms with E-state index in [0.717, 1.165) is 22.6 Å². The molecule has 1 fully saturated rings. The van der Waals surface area contributed by atoms with Crippen molar-refractivity contribution < 1.29 is 8.42 Å². The highest BCUT2D eigenvalue weighted by molar-refractivity contribution is 7.89. The second-order valence-electron chi connectivity index (χ2n) is 6.85. The van der Waals surface area contributed by atoms with Gasteiger partial charge in [-0.05, 0) is 36.8 Å². The van der Waals surface area contributed by atoms with Gasteiger partial charge in [0.05, 0.1) is 10.6 Å². The van der Waals surface area contributed by atoms with Gasteiger partial charge in [-0.2, -0.15) is 4.31 Å². The van der Waals surface area contributed by atoms with Gasteiger partial charge in [0.2, 0.25) is 10.0 Å². The minimum absolute atomic E-state index is 0.355. The molecule has 0 saturated carbocycles. The van der Waals surface area contributed by atoms with E-state index in [2.05, 4.69) is 15.1 Å². The molecule has 0 bridgehead atoms. The summed E-state index contributed by atoms with van der Waals surface area (Å²) in [6.07, 6.45) is 0. The molecule has 2 aromatic carbocycles. The lowest BCUT2D eigenvalue weighted by Crippen LogP contribution is -2.49. The van der Waals surface area contributed by atoms with Crippen LogP contribution < -0.4 is 4.90 Å². The molecule has 0 atom stereocenters. The molecule has 0 radical (unpaired) electrons. The van der Waals surface area contributed by atoms with Gasteiger partial charge in [0.15, 0.2) is 5.82 Å². The molecule has 4 rings (SSSR count). The van der Waals surface area contributed by atoms with E-state index >= 15 is 0 Å². The van der Waals surface area contributed by atoms with Crippen molar-refractivity contribution in [2.24, 2.45) is 0 Å². The van der Waals surface area contributed by atoms with Crippen LogP contribution in [0.25, 0.3) is 11.3 Å². The Kier molecular flexibility index (Phi) is 5.11. The summed E-state index contributed by atoms with van der Waals surface area (Å²) in [6, 6.07) is 20.9. The first-order valence-corrected chi connectivity index (χ1v) is 10.7. The first kappa shape index (κ1) is 18.6. The van der Waals surface area contributed by atoms with E-state index in [9.17, 15) is 8.42 Å². The van der Waals surface area contributed by atoms with Gasteiger partial charge in [-0.1, -0.05) is 42.5 Å². The lowest BCUT2D eigenvalue weighted by Gasteiger charge is -2.34. The number of benzene rings is 2. The molecule has 3 aromatic rings. The number of piperazine rings is 1. The molecule has 1 aliphatic heterocycles. The van der Waals surface area contributed by atoms with E-state index in [-0.39, 0.29) is 0 Å². The average Bonchev–Trinajstić information content (AvgIpc) is 2.75. The van der Waals surface area contributed by atoms with Crippen LogP contribution in [0.2, 0.25) is 0 Å². The van der Waals surface area contributed by atoms with Gasteiger partial charge >= 0.3 is 0 Å². The Hall–Kier alpha value is -2.77. The van der Waals surface area contributed by atoms with Crippen LogP contribution in [0.15, 0.2) is 71.6 Å². The minimum atomic E-state index is -3.46. The van der Waals surface area contributed by atoms with E-state index < -0.39 is 10.0 Å². The van der Waals surface area contributed by atoms with Crippen molar-refractivity contribution in [3.63, 3.8) is 0 Å². The normalized spacial score (nSPS) is 15.5. The molecule has 0 unspecified atom stereocenters.